The van der Waals surface area contributed by atoms with Gasteiger partial charge in [-0.1, -0.05) is 38.1 Å². The van der Waals surface area contributed by atoms with Crippen LogP contribution in [-0.4, -0.2) is 19.1 Å². The molecule has 0 aliphatic carbocycles. The SMILES string of the molecule is CC.Cc1cc(/C=C/c2ccc(N(C)C)cc2)ccn1. The number of aromatic nitrogens is 1. The van der Waals surface area contributed by atoms with Crippen molar-refractivity contribution in [1.82, 2.24) is 4.98 Å². The average molecular weight is 268 g/mol. The van der Waals surface area contributed by atoms with Crippen LogP contribution >= 0.6 is 0 Å². The molecule has 0 amide bonds. The van der Waals surface area contributed by atoms with Gasteiger partial charge in [0.05, 0.1) is 0 Å². The first-order valence-electron chi connectivity index (χ1n) is 7.03. The van der Waals surface area contributed by atoms with E-state index in [1.165, 1.54) is 16.8 Å². The van der Waals surface area contributed by atoms with Gasteiger partial charge in [0, 0.05) is 31.7 Å². The number of hydrogen-bond donors (Lipinski definition) is 0. The summed E-state index contributed by atoms with van der Waals surface area (Å²) in [6, 6.07) is 12.6. The molecule has 0 unspecified atom stereocenters. The first kappa shape index (κ1) is 16.0. The standard InChI is InChI=1S/C16H18N2.C2H6/c1-13-12-15(10-11-17-13)5-4-14-6-8-16(9-7-14)18(2)3;1-2/h4-12H,1-3H3;1-2H3/b5-4+;. The molecule has 0 aliphatic heterocycles. The van der Waals surface area contributed by atoms with E-state index >= 15 is 0 Å². The van der Waals surface area contributed by atoms with Gasteiger partial charge in [-0.15, -0.1) is 0 Å². The minimum Gasteiger partial charge on any atom is -0.378 e. The zero-order chi connectivity index (χ0) is 15.0. The third-order valence-electron chi connectivity index (χ3n) is 2.80. The summed E-state index contributed by atoms with van der Waals surface area (Å²) in [5.41, 5.74) is 4.64. The average Bonchev–Trinajstić information content (AvgIpc) is 2.48. The Hall–Kier alpha value is -2.09. The number of benzene rings is 1. The zero-order valence-corrected chi connectivity index (χ0v) is 13.1. The van der Waals surface area contributed by atoms with Gasteiger partial charge in [0.1, 0.15) is 0 Å². The summed E-state index contributed by atoms with van der Waals surface area (Å²) >= 11 is 0. The van der Waals surface area contributed by atoms with Crippen LogP contribution in [0.15, 0.2) is 42.6 Å². The molecule has 2 aromatic rings. The van der Waals surface area contributed by atoms with Crippen molar-refractivity contribution in [1.29, 1.82) is 0 Å². The largest absolute Gasteiger partial charge is 0.378 e. The van der Waals surface area contributed by atoms with Gasteiger partial charge >= 0.3 is 0 Å². The van der Waals surface area contributed by atoms with E-state index in [-0.39, 0.29) is 0 Å². The van der Waals surface area contributed by atoms with Crippen LogP contribution in [0.5, 0.6) is 0 Å². The van der Waals surface area contributed by atoms with Crippen LogP contribution < -0.4 is 4.90 Å². The number of anilines is 1. The molecule has 0 saturated carbocycles. The molecule has 0 spiro atoms. The summed E-state index contributed by atoms with van der Waals surface area (Å²) < 4.78 is 0. The molecule has 2 heteroatoms. The monoisotopic (exact) mass is 268 g/mol. The van der Waals surface area contributed by atoms with Gasteiger partial charge in [-0.05, 0) is 42.3 Å². The molecule has 2 rings (SSSR count). The second-order valence-electron chi connectivity index (χ2n) is 4.55. The van der Waals surface area contributed by atoms with Crippen LogP contribution in [0.3, 0.4) is 0 Å². The van der Waals surface area contributed by atoms with E-state index in [9.17, 15) is 0 Å². The van der Waals surface area contributed by atoms with Crippen LogP contribution in [0.4, 0.5) is 5.69 Å². The summed E-state index contributed by atoms with van der Waals surface area (Å²) in [7, 11) is 4.09. The number of pyridine rings is 1. The first-order valence-corrected chi connectivity index (χ1v) is 7.03. The highest BCUT2D eigenvalue weighted by Crippen LogP contribution is 2.14. The molecular weight excluding hydrogens is 244 g/mol. The van der Waals surface area contributed by atoms with Crippen molar-refractivity contribution in [2.24, 2.45) is 0 Å². The van der Waals surface area contributed by atoms with Crippen LogP contribution in [0.2, 0.25) is 0 Å². The lowest BCUT2D eigenvalue weighted by molar-refractivity contribution is 1.13. The van der Waals surface area contributed by atoms with Crippen molar-refractivity contribution < 1.29 is 0 Å². The Morgan fingerprint density at radius 3 is 2.05 bits per heavy atom. The molecule has 0 saturated heterocycles. The van der Waals surface area contributed by atoms with E-state index in [2.05, 4.69) is 52.4 Å². The molecule has 1 aromatic carbocycles. The fourth-order valence-corrected chi connectivity index (χ4v) is 1.75. The smallest absolute Gasteiger partial charge is 0.0378 e. The van der Waals surface area contributed by atoms with E-state index in [1.807, 2.05) is 47.1 Å². The Balaban J connectivity index is 0.000000956. The molecule has 0 N–H and O–H groups in total. The molecule has 0 fully saturated rings. The predicted molar refractivity (Wildman–Crippen MR) is 90.0 cm³/mol. The Labute approximate surface area is 122 Å². The quantitative estimate of drug-likeness (QED) is 0.805. The summed E-state index contributed by atoms with van der Waals surface area (Å²) in [5.74, 6) is 0. The third-order valence-corrected chi connectivity index (χ3v) is 2.80. The zero-order valence-electron chi connectivity index (χ0n) is 13.1. The van der Waals surface area contributed by atoms with E-state index in [4.69, 9.17) is 0 Å². The molecule has 0 radical (unpaired) electrons. The summed E-state index contributed by atoms with van der Waals surface area (Å²) in [5, 5.41) is 0. The van der Waals surface area contributed by atoms with E-state index in [1.54, 1.807) is 0 Å². The maximum absolute atomic E-state index is 4.19. The van der Waals surface area contributed by atoms with Crippen molar-refractivity contribution in [3.8, 4) is 0 Å². The molecule has 0 atom stereocenters. The molecule has 106 valence electrons. The molecule has 0 aliphatic rings. The Morgan fingerprint density at radius 1 is 0.900 bits per heavy atom. The number of rotatable bonds is 3. The Bertz CT molecular complexity index is 540. The minimum atomic E-state index is 1.04. The molecule has 20 heavy (non-hydrogen) atoms. The fraction of sp³-hybridized carbons (Fsp3) is 0.278. The number of aryl methyl sites for hydroxylation is 1. The van der Waals surface area contributed by atoms with Crippen LogP contribution in [0.1, 0.15) is 30.7 Å². The topological polar surface area (TPSA) is 16.1 Å². The van der Waals surface area contributed by atoms with Crippen molar-refractivity contribution in [2.45, 2.75) is 20.8 Å². The Kier molecular flexibility index (Phi) is 6.51. The lowest BCUT2D eigenvalue weighted by Gasteiger charge is -2.11. The maximum atomic E-state index is 4.19. The highest BCUT2D eigenvalue weighted by Gasteiger charge is 1.94. The van der Waals surface area contributed by atoms with Crippen LogP contribution in [0.25, 0.3) is 12.2 Å². The predicted octanol–water partition coefficient (Wildman–Crippen LogP) is 4.65. The van der Waals surface area contributed by atoms with Gasteiger partial charge in [0.15, 0.2) is 0 Å². The number of hydrogen-bond acceptors (Lipinski definition) is 2. The molecule has 2 nitrogen and oxygen atoms in total. The number of nitrogens with zero attached hydrogens (tertiary/aromatic N) is 2. The highest BCUT2D eigenvalue weighted by atomic mass is 15.1. The fourth-order valence-electron chi connectivity index (χ4n) is 1.75. The molecule has 0 bridgehead atoms. The summed E-state index contributed by atoms with van der Waals surface area (Å²) in [6.45, 7) is 6.00. The third kappa shape index (κ3) is 4.88. The van der Waals surface area contributed by atoms with Gasteiger partial charge in [-0.3, -0.25) is 4.98 Å². The molecule has 1 aromatic heterocycles. The lowest BCUT2D eigenvalue weighted by atomic mass is 10.1. The van der Waals surface area contributed by atoms with E-state index in [0.717, 1.165) is 5.69 Å². The van der Waals surface area contributed by atoms with Crippen molar-refractivity contribution in [3.05, 3.63) is 59.4 Å². The Morgan fingerprint density at radius 2 is 1.50 bits per heavy atom. The van der Waals surface area contributed by atoms with Gasteiger partial charge < -0.3 is 4.90 Å². The van der Waals surface area contributed by atoms with E-state index in [0.29, 0.717) is 0 Å². The molecule has 1 heterocycles. The highest BCUT2D eigenvalue weighted by molar-refractivity contribution is 5.70. The van der Waals surface area contributed by atoms with Crippen molar-refractivity contribution >= 4 is 17.8 Å². The van der Waals surface area contributed by atoms with Gasteiger partial charge in [-0.2, -0.15) is 0 Å². The minimum absolute atomic E-state index is 1.04. The summed E-state index contributed by atoms with van der Waals surface area (Å²) in [6.07, 6.45) is 6.07. The van der Waals surface area contributed by atoms with Gasteiger partial charge in [0.2, 0.25) is 0 Å². The van der Waals surface area contributed by atoms with Crippen molar-refractivity contribution in [3.63, 3.8) is 0 Å². The lowest BCUT2D eigenvalue weighted by Crippen LogP contribution is -2.07. The van der Waals surface area contributed by atoms with Crippen molar-refractivity contribution in [2.75, 3.05) is 19.0 Å². The maximum Gasteiger partial charge on any atom is 0.0378 e. The first-order chi connectivity index (χ1) is 9.65. The summed E-state index contributed by atoms with van der Waals surface area (Å²) in [4.78, 5) is 6.28. The van der Waals surface area contributed by atoms with Gasteiger partial charge in [-0.25, -0.2) is 0 Å². The van der Waals surface area contributed by atoms with Crippen LogP contribution in [0, 0.1) is 6.92 Å². The van der Waals surface area contributed by atoms with Crippen LogP contribution in [-0.2, 0) is 0 Å². The molecular formula is C18H24N2. The van der Waals surface area contributed by atoms with E-state index < -0.39 is 0 Å². The van der Waals surface area contributed by atoms with Gasteiger partial charge in [0.25, 0.3) is 0 Å². The normalized spacial score (nSPS) is 10.1. The second-order valence-corrected chi connectivity index (χ2v) is 4.55. The second kappa shape index (κ2) is 8.16.